The molecule has 80 valence electrons. The summed E-state index contributed by atoms with van der Waals surface area (Å²) in [6.07, 6.45) is 0. The van der Waals surface area contributed by atoms with Gasteiger partial charge in [-0.05, 0) is 12.1 Å². The van der Waals surface area contributed by atoms with E-state index in [2.05, 4.69) is 29.1 Å². The molecule has 0 spiro atoms. The van der Waals surface area contributed by atoms with E-state index in [1.54, 1.807) is 6.07 Å². The van der Waals surface area contributed by atoms with Gasteiger partial charge in [-0.1, -0.05) is 19.9 Å². The Morgan fingerprint density at radius 1 is 1.47 bits per heavy atom. The van der Waals surface area contributed by atoms with E-state index in [0.717, 1.165) is 11.3 Å². The van der Waals surface area contributed by atoms with Crippen molar-refractivity contribution in [3.05, 3.63) is 29.8 Å². The lowest BCUT2D eigenvalue weighted by Crippen LogP contribution is -2.22. The molecule has 0 fully saturated rings. The fourth-order valence-electron chi connectivity index (χ4n) is 1.43. The van der Waals surface area contributed by atoms with E-state index in [0.29, 0.717) is 18.1 Å². The van der Waals surface area contributed by atoms with Gasteiger partial charge >= 0.3 is 0 Å². The number of H-pyrrole nitrogens is 1. The van der Waals surface area contributed by atoms with Crippen LogP contribution < -0.4 is 5.32 Å². The molecule has 0 radical (unpaired) electrons. The number of hydrogen-bond acceptors (Lipinski definition) is 2. The molecular weight excluding hydrogens is 193 g/mol. The molecule has 0 unspecified atom stereocenters. The second-order valence-electron chi connectivity index (χ2n) is 3.86. The Morgan fingerprint density at radius 3 is 2.93 bits per heavy atom. The first-order valence-corrected chi connectivity index (χ1v) is 5.03. The van der Waals surface area contributed by atoms with Crippen molar-refractivity contribution in [2.45, 2.75) is 26.4 Å². The van der Waals surface area contributed by atoms with E-state index < -0.39 is 0 Å². The maximum atomic E-state index is 13.3. The van der Waals surface area contributed by atoms with E-state index in [4.69, 9.17) is 0 Å². The third-order valence-corrected chi connectivity index (χ3v) is 2.19. The van der Waals surface area contributed by atoms with Crippen LogP contribution in [-0.2, 0) is 6.54 Å². The minimum atomic E-state index is -0.278. The van der Waals surface area contributed by atoms with Crippen molar-refractivity contribution in [3.8, 4) is 0 Å². The molecule has 1 heterocycles. The summed E-state index contributed by atoms with van der Waals surface area (Å²) in [4.78, 5) is 7.27. The number of para-hydroxylation sites is 1. The number of hydrogen-bond donors (Lipinski definition) is 2. The first-order chi connectivity index (χ1) is 7.16. The quantitative estimate of drug-likeness (QED) is 0.810. The lowest BCUT2D eigenvalue weighted by Gasteiger charge is -2.04. The van der Waals surface area contributed by atoms with Gasteiger partial charge in [-0.2, -0.15) is 0 Å². The molecule has 4 heteroatoms. The van der Waals surface area contributed by atoms with Crippen molar-refractivity contribution in [3.63, 3.8) is 0 Å². The van der Waals surface area contributed by atoms with E-state index in [-0.39, 0.29) is 5.82 Å². The monoisotopic (exact) mass is 207 g/mol. The number of imidazole rings is 1. The van der Waals surface area contributed by atoms with Crippen LogP contribution in [0.1, 0.15) is 19.7 Å². The average Bonchev–Trinajstić information content (AvgIpc) is 2.59. The van der Waals surface area contributed by atoms with Crippen molar-refractivity contribution in [1.82, 2.24) is 15.3 Å². The Bertz CT molecular complexity index is 462. The number of rotatable bonds is 3. The third kappa shape index (κ3) is 2.15. The van der Waals surface area contributed by atoms with E-state index in [1.807, 2.05) is 6.07 Å². The van der Waals surface area contributed by atoms with Gasteiger partial charge in [-0.25, -0.2) is 9.37 Å². The number of nitrogens with zero attached hydrogens (tertiary/aromatic N) is 1. The van der Waals surface area contributed by atoms with Gasteiger partial charge in [-0.3, -0.25) is 0 Å². The van der Waals surface area contributed by atoms with Crippen LogP contribution in [0.15, 0.2) is 18.2 Å². The summed E-state index contributed by atoms with van der Waals surface area (Å²) in [5.41, 5.74) is 1.16. The van der Waals surface area contributed by atoms with Crippen LogP contribution in [0.25, 0.3) is 11.0 Å². The van der Waals surface area contributed by atoms with E-state index >= 15 is 0 Å². The molecular formula is C11H14FN3. The number of fused-ring (bicyclic) bond motifs is 1. The minimum Gasteiger partial charge on any atom is -0.341 e. The average molecular weight is 207 g/mol. The van der Waals surface area contributed by atoms with Crippen LogP contribution in [-0.4, -0.2) is 16.0 Å². The van der Waals surface area contributed by atoms with Crippen molar-refractivity contribution in [2.75, 3.05) is 0 Å². The molecule has 1 aromatic heterocycles. The van der Waals surface area contributed by atoms with Gasteiger partial charge in [-0.15, -0.1) is 0 Å². The van der Waals surface area contributed by atoms with Crippen LogP contribution in [0, 0.1) is 5.82 Å². The Morgan fingerprint density at radius 2 is 2.27 bits per heavy atom. The number of aromatic amines is 1. The predicted molar refractivity (Wildman–Crippen MR) is 58.0 cm³/mol. The standard InChI is InChI=1S/C11H14FN3/c1-7(2)13-6-10-14-9-5-3-4-8(12)11(9)15-10/h3-5,7,13H,6H2,1-2H3,(H,14,15). The number of aromatic nitrogens is 2. The Balaban J connectivity index is 2.27. The van der Waals surface area contributed by atoms with Crippen LogP contribution in [0.5, 0.6) is 0 Å². The first-order valence-electron chi connectivity index (χ1n) is 5.03. The lowest BCUT2D eigenvalue weighted by atomic mass is 10.3. The molecule has 0 aliphatic heterocycles. The Kier molecular flexibility index (Phi) is 2.68. The summed E-state index contributed by atoms with van der Waals surface area (Å²) in [7, 11) is 0. The fourth-order valence-corrected chi connectivity index (χ4v) is 1.43. The van der Waals surface area contributed by atoms with Crippen LogP contribution in [0.4, 0.5) is 4.39 Å². The molecule has 2 rings (SSSR count). The SMILES string of the molecule is CC(C)NCc1nc2c(F)cccc2[nH]1. The molecule has 15 heavy (non-hydrogen) atoms. The molecule has 1 aromatic carbocycles. The third-order valence-electron chi connectivity index (χ3n) is 2.19. The molecule has 0 saturated heterocycles. The van der Waals surface area contributed by atoms with Gasteiger partial charge in [0.1, 0.15) is 11.3 Å². The summed E-state index contributed by atoms with van der Waals surface area (Å²) in [6, 6.07) is 5.31. The fraction of sp³-hybridized carbons (Fsp3) is 0.364. The van der Waals surface area contributed by atoms with Crippen molar-refractivity contribution in [1.29, 1.82) is 0 Å². The zero-order chi connectivity index (χ0) is 10.8. The smallest absolute Gasteiger partial charge is 0.151 e. The van der Waals surface area contributed by atoms with Crippen LogP contribution >= 0.6 is 0 Å². The largest absolute Gasteiger partial charge is 0.341 e. The molecule has 2 N–H and O–H groups in total. The first kappa shape index (κ1) is 10.1. The summed E-state index contributed by atoms with van der Waals surface area (Å²) in [5.74, 6) is 0.489. The second-order valence-corrected chi connectivity index (χ2v) is 3.86. The number of nitrogens with one attached hydrogen (secondary N) is 2. The van der Waals surface area contributed by atoms with Gasteiger partial charge in [0, 0.05) is 6.04 Å². The highest BCUT2D eigenvalue weighted by atomic mass is 19.1. The Labute approximate surface area is 87.7 Å². The summed E-state index contributed by atoms with van der Waals surface area (Å²) < 4.78 is 13.3. The maximum Gasteiger partial charge on any atom is 0.151 e. The van der Waals surface area contributed by atoms with E-state index in [9.17, 15) is 4.39 Å². The minimum absolute atomic E-state index is 0.278. The van der Waals surface area contributed by atoms with Gasteiger partial charge < -0.3 is 10.3 Å². The van der Waals surface area contributed by atoms with Crippen molar-refractivity contribution >= 4 is 11.0 Å². The molecule has 0 aliphatic carbocycles. The van der Waals surface area contributed by atoms with Gasteiger partial charge in [0.25, 0.3) is 0 Å². The zero-order valence-corrected chi connectivity index (χ0v) is 8.84. The second kappa shape index (κ2) is 3.98. The zero-order valence-electron chi connectivity index (χ0n) is 8.84. The normalized spacial score (nSPS) is 11.5. The molecule has 0 aliphatic rings. The maximum absolute atomic E-state index is 13.3. The topological polar surface area (TPSA) is 40.7 Å². The molecule has 0 bridgehead atoms. The number of halogens is 1. The van der Waals surface area contributed by atoms with Crippen molar-refractivity contribution in [2.24, 2.45) is 0 Å². The lowest BCUT2D eigenvalue weighted by molar-refractivity contribution is 0.575. The van der Waals surface area contributed by atoms with Gasteiger partial charge in [0.15, 0.2) is 5.82 Å². The summed E-state index contributed by atoms with van der Waals surface area (Å²) in [5, 5.41) is 3.23. The van der Waals surface area contributed by atoms with Crippen molar-refractivity contribution < 1.29 is 4.39 Å². The molecule has 2 aromatic rings. The molecule has 3 nitrogen and oxygen atoms in total. The van der Waals surface area contributed by atoms with E-state index in [1.165, 1.54) is 6.07 Å². The highest BCUT2D eigenvalue weighted by Gasteiger charge is 2.06. The Hall–Kier alpha value is -1.42. The molecule has 0 atom stereocenters. The highest BCUT2D eigenvalue weighted by molar-refractivity contribution is 5.75. The van der Waals surface area contributed by atoms with Crippen LogP contribution in [0.3, 0.4) is 0 Å². The predicted octanol–water partition coefficient (Wildman–Crippen LogP) is 2.20. The highest BCUT2D eigenvalue weighted by Crippen LogP contribution is 2.14. The molecule has 0 saturated carbocycles. The summed E-state index contributed by atoms with van der Waals surface area (Å²) >= 11 is 0. The molecule has 0 amide bonds. The van der Waals surface area contributed by atoms with Gasteiger partial charge in [0.05, 0.1) is 12.1 Å². The van der Waals surface area contributed by atoms with Gasteiger partial charge in [0.2, 0.25) is 0 Å². The van der Waals surface area contributed by atoms with Crippen LogP contribution in [0.2, 0.25) is 0 Å². The summed E-state index contributed by atoms with van der Waals surface area (Å²) in [6.45, 7) is 4.75. The number of benzene rings is 1.